The zero-order valence-corrected chi connectivity index (χ0v) is 22.6. The van der Waals surface area contributed by atoms with Gasteiger partial charge in [-0.2, -0.15) is 15.5 Å². The lowest BCUT2D eigenvalue weighted by atomic mass is 10.0. The monoisotopic (exact) mass is 554 g/mol. The largest absolute Gasteiger partial charge is 0.378 e. The number of hydrogen-bond acceptors (Lipinski definition) is 7. The molecular weight excluding hydrogens is 528 g/mol. The standard InChI is InChI=1S/C29H26N8O2.ClH/c1-34-18-24(17-32-34)22-13-25(27-23(14-30)16-33-37(27)19-22)21-7-8-26(31-15-21)35-9-11-36(12-10-35)29(39)28(38)20-5-3-2-4-6-20;/h2-8,13,15-19,28,38H,9-12H2,1H3;1H. The summed E-state index contributed by atoms with van der Waals surface area (Å²) in [6.45, 7) is 2.23. The Morgan fingerprint density at radius 1 is 0.950 bits per heavy atom. The maximum absolute atomic E-state index is 12.8. The summed E-state index contributed by atoms with van der Waals surface area (Å²) < 4.78 is 3.47. The number of carbonyl (C=O) groups excluding carboxylic acids is 1. The molecule has 4 aromatic heterocycles. The number of piperazine rings is 1. The first-order valence-electron chi connectivity index (χ1n) is 12.7. The first-order valence-corrected chi connectivity index (χ1v) is 12.7. The van der Waals surface area contributed by atoms with Crippen LogP contribution in [-0.2, 0) is 11.8 Å². The summed E-state index contributed by atoms with van der Waals surface area (Å²) in [5.74, 6) is 0.527. The van der Waals surface area contributed by atoms with E-state index in [2.05, 4.69) is 21.2 Å². The third kappa shape index (κ3) is 5.00. The second kappa shape index (κ2) is 11.2. The lowest BCUT2D eigenvalue weighted by Crippen LogP contribution is -2.50. The highest BCUT2D eigenvalue weighted by atomic mass is 35.5. The number of hydrogen-bond donors (Lipinski definition) is 1. The molecule has 1 fully saturated rings. The number of aryl methyl sites for hydroxylation is 1. The number of aliphatic hydroxyl groups excluding tert-OH is 1. The Labute approximate surface area is 237 Å². The number of halogens is 1. The first-order chi connectivity index (χ1) is 19.0. The highest BCUT2D eigenvalue weighted by Gasteiger charge is 2.27. The number of rotatable bonds is 5. The van der Waals surface area contributed by atoms with E-state index in [0.717, 1.165) is 33.6 Å². The van der Waals surface area contributed by atoms with Crippen molar-refractivity contribution >= 4 is 29.6 Å². The first kappa shape index (κ1) is 26.9. The predicted molar refractivity (Wildman–Crippen MR) is 153 cm³/mol. The van der Waals surface area contributed by atoms with Gasteiger partial charge in [-0.1, -0.05) is 30.3 Å². The lowest BCUT2D eigenvalue weighted by molar-refractivity contribution is -0.140. The van der Waals surface area contributed by atoms with Gasteiger partial charge < -0.3 is 14.9 Å². The van der Waals surface area contributed by atoms with Crippen LogP contribution in [0.1, 0.15) is 17.2 Å². The Morgan fingerprint density at radius 2 is 1.73 bits per heavy atom. The number of aliphatic hydroxyl groups is 1. The maximum Gasteiger partial charge on any atom is 0.256 e. The Kier molecular flexibility index (Phi) is 7.51. The number of benzene rings is 1. The summed E-state index contributed by atoms with van der Waals surface area (Å²) in [5.41, 5.74) is 5.42. The Bertz CT molecular complexity index is 1680. The molecule has 1 aliphatic rings. The van der Waals surface area contributed by atoms with Gasteiger partial charge in [0.25, 0.3) is 5.91 Å². The Morgan fingerprint density at radius 3 is 2.38 bits per heavy atom. The summed E-state index contributed by atoms with van der Waals surface area (Å²) in [7, 11) is 1.87. The Hall–Kier alpha value is -4.72. The van der Waals surface area contributed by atoms with Gasteiger partial charge in [-0.15, -0.1) is 12.4 Å². The van der Waals surface area contributed by atoms with E-state index in [1.54, 1.807) is 38.6 Å². The van der Waals surface area contributed by atoms with Crippen molar-refractivity contribution in [1.82, 2.24) is 29.3 Å². The average Bonchev–Trinajstić information content (AvgIpc) is 3.62. The smallest absolute Gasteiger partial charge is 0.256 e. The van der Waals surface area contributed by atoms with Crippen molar-refractivity contribution in [2.45, 2.75) is 6.10 Å². The van der Waals surface area contributed by atoms with E-state index >= 15 is 0 Å². The molecule has 0 spiro atoms. The van der Waals surface area contributed by atoms with Crippen LogP contribution in [0.3, 0.4) is 0 Å². The number of fused-ring (bicyclic) bond motifs is 1. The second-order valence-electron chi connectivity index (χ2n) is 9.54. The van der Waals surface area contributed by atoms with Crippen LogP contribution in [0.25, 0.3) is 27.8 Å². The van der Waals surface area contributed by atoms with Gasteiger partial charge in [0.1, 0.15) is 11.9 Å². The molecule has 1 amide bonds. The minimum Gasteiger partial charge on any atom is -0.378 e. The van der Waals surface area contributed by atoms with Crippen molar-refractivity contribution in [3.05, 3.63) is 90.6 Å². The molecule has 1 atom stereocenters. The third-order valence-electron chi connectivity index (χ3n) is 7.09. The molecule has 1 aromatic carbocycles. The Balaban J connectivity index is 0.00000323. The summed E-state index contributed by atoms with van der Waals surface area (Å²) >= 11 is 0. The van der Waals surface area contributed by atoms with Gasteiger partial charge >= 0.3 is 0 Å². The highest BCUT2D eigenvalue weighted by molar-refractivity contribution is 5.87. The number of amides is 1. The van der Waals surface area contributed by atoms with Crippen LogP contribution >= 0.6 is 12.4 Å². The van der Waals surface area contributed by atoms with Crippen LogP contribution in [-0.4, -0.2) is 66.5 Å². The number of anilines is 1. The number of nitriles is 1. The fraction of sp³-hybridized carbons (Fsp3) is 0.207. The lowest BCUT2D eigenvalue weighted by Gasteiger charge is -2.36. The quantitative estimate of drug-likeness (QED) is 0.353. The molecule has 1 unspecified atom stereocenters. The van der Waals surface area contributed by atoms with Crippen LogP contribution in [0.2, 0.25) is 0 Å². The molecule has 0 radical (unpaired) electrons. The van der Waals surface area contributed by atoms with Crippen molar-refractivity contribution in [2.75, 3.05) is 31.1 Å². The summed E-state index contributed by atoms with van der Waals surface area (Å²) in [6, 6.07) is 17.2. The minimum atomic E-state index is -1.16. The molecule has 1 saturated heterocycles. The van der Waals surface area contributed by atoms with Crippen molar-refractivity contribution in [3.8, 4) is 28.3 Å². The molecular formula is C29H27ClN8O2. The van der Waals surface area contributed by atoms with Gasteiger partial charge in [-0.05, 0) is 23.8 Å². The van der Waals surface area contributed by atoms with Crippen molar-refractivity contribution in [2.24, 2.45) is 7.05 Å². The summed E-state index contributed by atoms with van der Waals surface area (Å²) in [4.78, 5) is 21.4. The van der Waals surface area contributed by atoms with Gasteiger partial charge in [0.05, 0.1) is 23.5 Å². The predicted octanol–water partition coefficient (Wildman–Crippen LogP) is 3.47. The van der Waals surface area contributed by atoms with Crippen molar-refractivity contribution < 1.29 is 9.90 Å². The zero-order chi connectivity index (χ0) is 26.9. The summed E-state index contributed by atoms with van der Waals surface area (Å²) in [5, 5.41) is 28.9. The van der Waals surface area contributed by atoms with Crippen LogP contribution in [0.15, 0.2) is 79.5 Å². The normalized spacial score (nSPS) is 14.0. The molecule has 11 heteroatoms. The SMILES string of the molecule is Cl.Cn1cc(-c2cc(-c3ccc(N4CCN(C(=O)C(O)c5ccccc5)CC4)nc3)c3c(C#N)cnn3c2)cn1. The van der Waals surface area contributed by atoms with Crippen molar-refractivity contribution in [3.63, 3.8) is 0 Å². The average molecular weight is 555 g/mol. The molecule has 40 heavy (non-hydrogen) atoms. The van der Waals surface area contributed by atoms with Gasteiger partial charge in [-0.3, -0.25) is 9.48 Å². The number of nitrogens with zero attached hydrogens (tertiary/aromatic N) is 8. The van der Waals surface area contributed by atoms with Gasteiger partial charge in [0.2, 0.25) is 0 Å². The van der Waals surface area contributed by atoms with Gasteiger partial charge in [-0.25, -0.2) is 9.50 Å². The van der Waals surface area contributed by atoms with Crippen molar-refractivity contribution in [1.29, 1.82) is 5.26 Å². The third-order valence-corrected chi connectivity index (χ3v) is 7.09. The maximum atomic E-state index is 12.8. The van der Waals surface area contributed by atoms with E-state index in [1.807, 2.05) is 62.0 Å². The highest BCUT2D eigenvalue weighted by Crippen LogP contribution is 2.32. The van der Waals surface area contributed by atoms with E-state index in [4.69, 9.17) is 4.98 Å². The topological polar surface area (TPSA) is 116 Å². The number of aromatic nitrogens is 5. The molecule has 10 nitrogen and oxygen atoms in total. The fourth-order valence-electron chi connectivity index (χ4n) is 4.99. The number of carbonyl (C=O) groups is 1. The van der Waals surface area contributed by atoms with Gasteiger partial charge in [0, 0.05) is 74.1 Å². The fourth-order valence-corrected chi connectivity index (χ4v) is 4.99. The summed E-state index contributed by atoms with van der Waals surface area (Å²) in [6.07, 6.45) is 7.85. The van der Waals surface area contributed by atoms with Crippen LogP contribution in [0, 0.1) is 11.3 Å². The number of pyridine rings is 2. The van der Waals surface area contributed by atoms with E-state index in [0.29, 0.717) is 37.3 Å². The molecule has 6 rings (SSSR count). The molecule has 0 saturated carbocycles. The van der Waals surface area contributed by atoms with Crippen LogP contribution in [0.4, 0.5) is 5.82 Å². The second-order valence-corrected chi connectivity index (χ2v) is 9.54. The molecule has 5 heterocycles. The molecule has 5 aromatic rings. The zero-order valence-electron chi connectivity index (χ0n) is 21.8. The van der Waals surface area contributed by atoms with E-state index in [-0.39, 0.29) is 18.3 Å². The molecule has 0 bridgehead atoms. The molecule has 1 aliphatic heterocycles. The molecule has 1 N–H and O–H groups in total. The van der Waals surface area contributed by atoms with Crippen LogP contribution < -0.4 is 4.90 Å². The molecule has 0 aliphatic carbocycles. The van der Waals surface area contributed by atoms with Crippen LogP contribution in [0.5, 0.6) is 0 Å². The van der Waals surface area contributed by atoms with Gasteiger partial charge in [0.15, 0.2) is 6.10 Å². The minimum absolute atomic E-state index is 0. The van der Waals surface area contributed by atoms with E-state index < -0.39 is 6.10 Å². The van der Waals surface area contributed by atoms with E-state index in [1.165, 1.54) is 0 Å². The van der Waals surface area contributed by atoms with E-state index in [9.17, 15) is 15.2 Å². The molecule has 202 valence electrons.